The molecule has 110 valence electrons. The number of nitrogens with zero attached hydrogens (tertiary/aromatic N) is 2. The Balaban J connectivity index is 2.37. The third kappa shape index (κ3) is 3.35. The van der Waals surface area contributed by atoms with Gasteiger partial charge in [0.2, 0.25) is 0 Å². The van der Waals surface area contributed by atoms with Crippen LogP contribution in [0.1, 0.15) is 18.1 Å². The zero-order valence-electron chi connectivity index (χ0n) is 11.3. The van der Waals surface area contributed by atoms with Crippen molar-refractivity contribution in [2.75, 3.05) is 6.54 Å². The van der Waals surface area contributed by atoms with Gasteiger partial charge in [-0.1, -0.05) is 25.1 Å². The molecule has 2 rings (SSSR count). The topological polar surface area (TPSA) is 61.2 Å². The van der Waals surface area contributed by atoms with Crippen LogP contribution in [-0.2, 0) is 16.6 Å². The minimum Gasteiger partial charge on any atom is -0.206 e. The number of hydrogen-bond acceptors (Lipinski definition) is 4. The summed E-state index contributed by atoms with van der Waals surface area (Å²) in [6.07, 6.45) is 0. The normalized spacial score (nSPS) is 11.5. The molecule has 1 aromatic carbocycles. The van der Waals surface area contributed by atoms with Crippen LogP contribution in [0.5, 0.6) is 0 Å². The molecular weight excluding hydrogens is 372 g/mol. The number of rotatable bonds is 5. The Kier molecular flexibility index (Phi) is 5.17. The summed E-state index contributed by atoms with van der Waals surface area (Å²) in [6, 6.07) is 10.9. The molecule has 1 heterocycles. The number of sulfonamides is 1. The zero-order valence-corrected chi connectivity index (χ0v) is 14.5. The lowest BCUT2D eigenvalue weighted by atomic mass is 10.1. The van der Waals surface area contributed by atoms with E-state index < -0.39 is 10.0 Å². The van der Waals surface area contributed by atoms with Crippen molar-refractivity contribution in [3.05, 3.63) is 51.3 Å². The van der Waals surface area contributed by atoms with Gasteiger partial charge in [0, 0.05) is 17.6 Å². The monoisotopic (exact) mass is 384 g/mol. The molecule has 0 atom stereocenters. The highest BCUT2D eigenvalue weighted by molar-refractivity contribution is 9.10. The van der Waals surface area contributed by atoms with Gasteiger partial charge in [-0.2, -0.15) is 9.57 Å². The van der Waals surface area contributed by atoms with Crippen molar-refractivity contribution in [1.29, 1.82) is 5.26 Å². The Morgan fingerprint density at radius 2 is 2.05 bits per heavy atom. The Hall–Kier alpha value is -1.20. The summed E-state index contributed by atoms with van der Waals surface area (Å²) in [5.74, 6) is 0. The van der Waals surface area contributed by atoms with E-state index in [1.165, 1.54) is 15.6 Å². The maximum Gasteiger partial charge on any atom is 0.253 e. The highest BCUT2D eigenvalue weighted by Gasteiger charge is 2.27. The van der Waals surface area contributed by atoms with Crippen molar-refractivity contribution < 1.29 is 8.42 Å². The van der Waals surface area contributed by atoms with Gasteiger partial charge < -0.3 is 0 Å². The molecule has 7 heteroatoms. The van der Waals surface area contributed by atoms with Crippen LogP contribution in [-0.4, -0.2) is 19.3 Å². The third-order valence-electron chi connectivity index (χ3n) is 3.00. The van der Waals surface area contributed by atoms with Gasteiger partial charge >= 0.3 is 0 Å². The first kappa shape index (κ1) is 16.2. The zero-order chi connectivity index (χ0) is 15.5. The predicted molar refractivity (Wildman–Crippen MR) is 86.4 cm³/mol. The molecule has 0 radical (unpaired) electrons. The smallest absolute Gasteiger partial charge is 0.206 e. The number of hydrogen-bond donors (Lipinski definition) is 0. The second-order valence-corrected chi connectivity index (χ2v) is 8.16. The van der Waals surface area contributed by atoms with Gasteiger partial charge in [0.1, 0.15) is 4.21 Å². The molecule has 0 saturated heterocycles. The minimum absolute atomic E-state index is 0.187. The fourth-order valence-electron chi connectivity index (χ4n) is 1.91. The summed E-state index contributed by atoms with van der Waals surface area (Å²) in [7, 11) is -3.57. The lowest BCUT2D eigenvalue weighted by Crippen LogP contribution is -2.30. The molecule has 0 saturated carbocycles. The van der Waals surface area contributed by atoms with Crippen LogP contribution >= 0.6 is 27.3 Å². The molecule has 21 heavy (non-hydrogen) atoms. The SMILES string of the molecule is CCN(Cc1ccccc1C#N)S(=O)(=O)c1sccc1Br. The van der Waals surface area contributed by atoms with Crippen LogP contribution in [0.4, 0.5) is 0 Å². The maximum atomic E-state index is 12.7. The van der Waals surface area contributed by atoms with Crippen molar-refractivity contribution in [3.63, 3.8) is 0 Å². The van der Waals surface area contributed by atoms with Crippen LogP contribution < -0.4 is 0 Å². The van der Waals surface area contributed by atoms with E-state index in [4.69, 9.17) is 5.26 Å². The lowest BCUT2D eigenvalue weighted by molar-refractivity contribution is 0.424. The molecule has 0 aliphatic carbocycles. The highest BCUT2D eigenvalue weighted by atomic mass is 79.9. The molecule has 0 unspecified atom stereocenters. The average Bonchev–Trinajstić information content (AvgIpc) is 2.91. The second-order valence-electron chi connectivity index (χ2n) is 4.26. The van der Waals surface area contributed by atoms with E-state index in [9.17, 15) is 8.42 Å². The van der Waals surface area contributed by atoms with Crippen LogP contribution in [0.25, 0.3) is 0 Å². The van der Waals surface area contributed by atoms with Crippen molar-refractivity contribution in [2.45, 2.75) is 17.7 Å². The molecule has 0 fully saturated rings. The van der Waals surface area contributed by atoms with E-state index >= 15 is 0 Å². The van der Waals surface area contributed by atoms with Gasteiger partial charge in [-0.25, -0.2) is 8.42 Å². The van der Waals surface area contributed by atoms with Crippen molar-refractivity contribution in [1.82, 2.24) is 4.31 Å². The van der Waals surface area contributed by atoms with E-state index in [0.29, 0.717) is 26.4 Å². The Morgan fingerprint density at radius 1 is 1.33 bits per heavy atom. The number of benzene rings is 1. The predicted octanol–water partition coefficient (Wildman–Crippen LogP) is 3.59. The minimum atomic E-state index is -3.57. The van der Waals surface area contributed by atoms with Gasteiger partial charge in [0.25, 0.3) is 10.0 Å². The number of thiophene rings is 1. The van der Waals surface area contributed by atoms with Crippen LogP contribution in [0, 0.1) is 11.3 Å². The Labute approximate surface area is 136 Å². The first-order valence-electron chi connectivity index (χ1n) is 6.21. The number of halogens is 1. The maximum absolute atomic E-state index is 12.7. The standard InChI is InChI=1S/C14H13BrN2O2S2/c1-2-17(10-12-6-4-3-5-11(12)9-16)21(18,19)14-13(15)7-8-20-14/h3-8H,2,10H2,1H3. The second kappa shape index (κ2) is 6.71. The molecule has 0 bridgehead atoms. The largest absolute Gasteiger partial charge is 0.253 e. The molecule has 0 aliphatic rings. The summed E-state index contributed by atoms with van der Waals surface area (Å²) >= 11 is 4.44. The fraction of sp³-hybridized carbons (Fsp3) is 0.214. The molecule has 4 nitrogen and oxygen atoms in total. The van der Waals surface area contributed by atoms with Crippen molar-refractivity contribution in [3.8, 4) is 6.07 Å². The molecule has 0 aliphatic heterocycles. The Bertz CT molecular complexity index is 778. The molecule has 0 spiro atoms. The van der Waals surface area contributed by atoms with E-state index in [-0.39, 0.29) is 6.54 Å². The summed E-state index contributed by atoms with van der Waals surface area (Å²) in [6.45, 7) is 2.31. The Morgan fingerprint density at radius 3 is 2.62 bits per heavy atom. The fourth-order valence-corrected chi connectivity index (χ4v) is 5.78. The van der Waals surface area contributed by atoms with Crippen molar-refractivity contribution >= 4 is 37.3 Å². The molecular formula is C14H13BrN2O2S2. The van der Waals surface area contributed by atoms with Gasteiger partial charge in [-0.15, -0.1) is 11.3 Å². The first-order valence-corrected chi connectivity index (χ1v) is 9.33. The summed E-state index contributed by atoms with van der Waals surface area (Å²) in [5.41, 5.74) is 1.20. The lowest BCUT2D eigenvalue weighted by Gasteiger charge is -2.20. The van der Waals surface area contributed by atoms with Crippen molar-refractivity contribution in [2.24, 2.45) is 0 Å². The average molecular weight is 385 g/mol. The molecule has 1 aromatic heterocycles. The first-order chi connectivity index (χ1) is 10.0. The van der Waals surface area contributed by atoms with Crippen LogP contribution in [0.3, 0.4) is 0 Å². The molecule has 2 aromatic rings. The van der Waals surface area contributed by atoms with Gasteiger partial charge in [0.05, 0.1) is 11.6 Å². The van der Waals surface area contributed by atoms with Gasteiger partial charge in [-0.05, 0) is 39.0 Å². The van der Waals surface area contributed by atoms with E-state index in [2.05, 4.69) is 22.0 Å². The summed E-state index contributed by atoms with van der Waals surface area (Å²) in [4.78, 5) is 0. The quantitative estimate of drug-likeness (QED) is 0.790. The summed E-state index contributed by atoms with van der Waals surface area (Å²) in [5, 5.41) is 10.8. The third-order valence-corrected chi connectivity index (χ3v) is 7.56. The van der Waals surface area contributed by atoms with Crippen LogP contribution in [0.15, 0.2) is 44.4 Å². The molecule has 0 N–H and O–H groups in total. The van der Waals surface area contributed by atoms with Gasteiger partial charge in [0.15, 0.2) is 0 Å². The van der Waals surface area contributed by atoms with Gasteiger partial charge in [-0.3, -0.25) is 0 Å². The highest BCUT2D eigenvalue weighted by Crippen LogP contribution is 2.31. The van der Waals surface area contributed by atoms with E-state index in [1.807, 2.05) is 0 Å². The molecule has 0 amide bonds. The van der Waals surface area contributed by atoms with E-state index in [1.54, 1.807) is 42.6 Å². The van der Waals surface area contributed by atoms with Crippen LogP contribution in [0.2, 0.25) is 0 Å². The summed E-state index contributed by atoms with van der Waals surface area (Å²) < 4.78 is 27.6. The van der Waals surface area contributed by atoms with E-state index in [0.717, 1.165) is 0 Å². The number of nitriles is 1.